The second-order valence-electron chi connectivity index (χ2n) is 5.94. The van der Waals surface area contributed by atoms with Gasteiger partial charge in [0.25, 0.3) is 11.8 Å². The number of benzene rings is 2. The molecule has 4 nitrogen and oxygen atoms in total. The third kappa shape index (κ3) is 7.06. The van der Waals surface area contributed by atoms with Crippen LogP contribution in [0.5, 0.6) is 0 Å². The van der Waals surface area contributed by atoms with Crippen molar-refractivity contribution in [2.45, 2.75) is 25.7 Å². The summed E-state index contributed by atoms with van der Waals surface area (Å²) >= 11 is 11.6. The zero-order chi connectivity index (χ0) is 18.8. The van der Waals surface area contributed by atoms with E-state index in [0.29, 0.717) is 34.3 Å². The van der Waals surface area contributed by atoms with Gasteiger partial charge in [-0.05, 0) is 61.4 Å². The van der Waals surface area contributed by atoms with Crippen LogP contribution in [0.4, 0.5) is 0 Å². The molecule has 2 aromatic carbocycles. The number of carbonyl (C=O) groups is 2. The zero-order valence-corrected chi connectivity index (χ0v) is 15.9. The molecule has 2 amide bonds. The smallest absolute Gasteiger partial charge is 0.251 e. The first kappa shape index (κ1) is 20.3. The number of hydrogen-bond donors (Lipinski definition) is 2. The van der Waals surface area contributed by atoms with E-state index < -0.39 is 0 Å². The maximum atomic E-state index is 11.9. The van der Waals surface area contributed by atoms with Crippen molar-refractivity contribution in [3.8, 4) is 0 Å². The molecule has 138 valence electrons. The number of halogens is 2. The van der Waals surface area contributed by atoms with E-state index in [1.807, 2.05) is 0 Å². The molecule has 0 fully saturated rings. The molecule has 2 rings (SSSR count). The molecule has 26 heavy (non-hydrogen) atoms. The highest BCUT2D eigenvalue weighted by molar-refractivity contribution is 6.31. The molecule has 2 N–H and O–H groups in total. The van der Waals surface area contributed by atoms with Gasteiger partial charge in [0.2, 0.25) is 0 Å². The van der Waals surface area contributed by atoms with Crippen LogP contribution in [0.3, 0.4) is 0 Å². The molecule has 0 aromatic heterocycles. The van der Waals surface area contributed by atoms with Gasteiger partial charge in [0, 0.05) is 34.3 Å². The summed E-state index contributed by atoms with van der Waals surface area (Å²) in [6, 6.07) is 13.7. The van der Waals surface area contributed by atoms with E-state index in [-0.39, 0.29) is 11.8 Å². The fraction of sp³-hybridized carbons (Fsp3) is 0.300. The maximum Gasteiger partial charge on any atom is 0.251 e. The highest BCUT2D eigenvalue weighted by Crippen LogP contribution is 2.10. The Labute approximate surface area is 163 Å². The topological polar surface area (TPSA) is 58.2 Å². The maximum absolute atomic E-state index is 11.9. The van der Waals surface area contributed by atoms with Gasteiger partial charge in [-0.25, -0.2) is 0 Å². The van der Waals surface area contributed by atoms with Crippen molar-refractivity contribution >= 4 is 35.0 Å². The lowest BCUT2D eigenvalue weighted by atomic mass is 10.1. The van der Waals surface area contributed by atoms with E-state index in [2.05, 4.69) is 10.6 Å². The van der Waals surface area contributed by atoms with Crippen molar-refractivity contribution < 1.29 is 9.59 Å². The summed E-state index contributed by atoms with van der Waals surface area (Å²) in [6.07, 6.45) is 3.81. The van der Waals surface area contributed by atoms with Crippen molar-refractivity contribution in [3.05, 3.63) is 69.7 Å². The highest BCUT2D eigenvalue weighted by atomic mass is 35.5. The Morgan fingerprint density at radius 3 is 1.31 bits per heavy atom. The van der Waals surface area contributed by atoms with Crippen molar-refractivity contribution in [1.29, 1.82) is 0 Å². The summed E-state index contributed by atoms with van der Waals surface area (Å²) in [5.74, 6) is -0.172. The fourth-order valence-electron chi connectivity index (χ4n) is 2.41. The Morgan fingerprint density at radius 2 is 0.962 bits per heavy atom. The minimum Gasteiger partial charge on any atom is -0.352 e. The summed E-state index contributed by atoms with van der Waals surface area (Å²) in [5.41, 5.74) is 1.22. The summed E-state index contributed by atoms with van der Waals surface area (Å²) in [7, 11) is 0. The fourth-order valence-corrected chi connectivity index (χ4v) is 2.67. The third-order valence-corrected chi connectivity index (χ3v) is 4.39. The first-order valence-corrected chi connectivity index (χ1v) is 9.39. The van der Waals surface area contributed by atoms with Crippen molar-refractivity contribution in [1.82, 2.24) is 10.6 Å². The van der Waals surface area contributed by atoms with E-state index in [0.717, 1.165) is 25.7 Å². The lowest BCUT2D eigenvalue weighted by molar-refractivity contribution is 0.0943. The van der Waals surface area contributed by atoms with Crippen molar-refractivity contribution in [3.63, 3.8) is 0 Å². The Morgan fingerprint density at radius 1 is 0.615 bits per heavy atom. The third-order valence-electron chi connectivity index (χ3n) is 3.89. The minimum atomic E-state index is -0.0862. The molecule has 0 aliphatic heterocycles. The SMILES string of the molecule is O=C(NCCCCCCNC(=O)c1ccc(Cl)cc1)c1ccc(Cl)cc1. The molecule has 0 aliphatic rings. The van der Waals surface area contributed by atoms with E-state index in [1.165, 1.54) is 0 Å². The van der Waals surface area contributed by atoms with Gasteiger partial charge in [-0.15, -0.1) is 0 Å². The monoisotopic (exact) mass is 392 g/mol. The predicted octanol–water partition coefficient (Wildman–Crippen LogP) is 4.71. The molecule has 0 saturated carbocycles. The van der Waals surface area contributed by atoms with Gasteiger partial charge in [-0.1, -0.05) is 36.0 Å². The lowest BCUT2D eigenvalue weighted by Gasteiger charge is -2.07. The molecular formula is C20H22Cl2N2O2. The Hall–Kier alpha value is -2.04. The lowest BCUT2D eigenvalue weighted by Crippen LogP contribution is -2.25. The highest BCUT2D eigenvalue weighted by Gasteiger charge is 2.05. The van der Waals surface area contributed by atoms with Gasteiger partial charge in [0.1, 0.15) is 0 Å². The van der Waals surface area contributed by atoms with Crippen molar-refractivity contribution in [2.75, 3.05) is 13.1 Å². The van der Waals surface area contributed by atoms with Crippen LogP contribution >= 0.6 is 23.2 Å². The van der Waals surface area contributed by atoms with Gasteiger partial charge in [-0.3, -0.25) is 9.59 Å². The van der Waals surface area contributed by atoms with Crippen LogP contribution in [-0.2, 0) is 0 Å². The van der Waals surface area contributed by atoms with Crippen LogP contribution in [0.15, 0.2) is 48.5 Å². The molecule has 0 heterocycles. The predicted molar refractivity (Wildman–Crippen MR) is 106 cm³/mol. The van der Waals surface area contributed by atoms with Crippen LogP contribution in [0.1, 0.15) is 46.4 Å². The molecule has 0 bridgehead atoms. The molecule has 0 spiro atoms. The molecule has 2 aromatic rings. The number of nitrogens with one attached hydrogen (secondary N) is 2. The van der Waals surface area contributed by atoms with Gasteiger partial charge >= 0.3 is 0 Å². The standard InChI is InChI=1S/C20H22Cl2N2O2/c21-17-9-5-15(6-10-17)19(25)23-13-3-1-2-4-14-24-20(26)16-7-11-18(22)12-8-16/h5-12H,1-4,13-14H2,(H,23,25)(H,24,26). The van der Waals surface area contributed by atoms with Crippen LogP contribution in [-0.4, -0.2) is 24.9 Å². The summed E-state index contributed by atoms with van der Waals surface area (Å²) in [5, 5.41) is 7.01. The van der Waals surface area contributed by atoms with Crippen LogP contribution in [0.25, 0.3) is 0 Å². The average molecular weight is 393 g/mol. The summed E-state index contributed by atoms with van der Waals surface area (Å²) < 4.78 is 0. The first-order chi connectivity index (χ1) is 12.6. The minimum absolute atomic E-state index is 0.0862. The summed E-state index contributed by atoms with van der Waals surface area (Å²) in [6.45, 7) is 1.27. The Kier molecular flexibility index (Phi) is 8.45. The van der Waals surface area contributed by atoms with Crippen LogP contribution in [0, 0.1) is 0 Å². The van der Waals surface area contributed by atoms with Gasteiger partial charge in [-0.2, -0.15) is 0 Å². The number of carbonyl (C=O) groups excluding carboxylic acids is 2. The number of unbranched alkanes of at least 4 members (excludes halogenated alkanes) is 3. The van der Waals surface area contributed by atoms with Gasteiger partial charge in [0.05, 0.1) is 0 Å². The van der Waals surface area contributed by atoms with E-state index in [9.17, 15) is 9.59 Å². The average Bonchev–Trinajstić information content (AvgIpc) is 2.64. The number of hydrogen-bond acceptors (Lipinski definition) is 2. The first-order valence-electron chi connectivity index (χ1n) is 8.64. The molecular weight excluding hydrogens is 371 g/mol. The quantitative estimate of drug-likeness (QED) is 0.606. The Balaban J connectivity index is 1.51. The second kappa shape index (κ2) is 10.8. The van der Waals surface area contributed by atoms with E-state index in [1.54, 1.807) is 48.5 Å². The van der Waals surface area contributed by atoms with E-state index in [4.69, 9.17) is 23.2 Å². The molecule has 0 aliphatic carbocycles. The van der Waals surface area contributed by atoms with E-state index >= 15 is 0 Å². The Bertz CT molecular complexity index is 652. The number of amides is 2. The summed E-state index contributed by atoms with van der Waals surface area (Å²) in [4.78, 5) is 23.8. The van der Waals surface area contributed by atoms with Crippen LogP contribution < -0.4 is 10.6 Å². The van der Waals surface area contributed by atoms with Crippen LogP contribution in [0.2, 0.25) is 10.0 Å². The number of rotatable bonds is 9. The van der Waals surface area contributed by atoms with Crippen molar-refractivity contribution in [2.24, 2.45) is 0 Å². The second-order valence-corrected chi connectivity index (χ2v) is 6.81. The molecule has 6 heteroatoms. The van der Waals surface area contributed by atoms with Gasteiger partial charge in [0.15, 0.2) is 0 Å². The normalized spacial score (nSPS) is 10.4. The molecule has 0 radical (unpaired) electrons. The molecule has 0 unspecified atom stereocenters. The zero-order valence-electron chi connectivity index (χ0n) is 14.4. The molecule has 0 saturated heterocycles. The molecule has 0 atom stereocenters. The largest absolute Gasteiger partial charge is 0.352 e. The van der Waals surface area contributed by atoms with Gasteiger partial charge < -0.3 is 10.6 Å².